The van der Waals surface area contributed by atoms with Gasteiger partial charge in [0.2, 0.25) is 0 Å². The van der Waals surface area contributed by atoms with Crippen LogP contribution in [0.2, 0.25) is 0 Å². The first-order valence-corrected chi connectivity index (χ1v) is 5.57. The van der Waals surface area contributed by atoms with Gasteiger partial charge in [-0.25, -0.2) is 0 Å². The van der Waals surface area contributed by atoms with Gasteiger partial charge in [0.1, 0.15) is 0 Å². The Morgan fingerprint density at radius 3 is 2.50 bits per heavy atom. The fourth-order valence-corrected chi connectivity index (χ4v) is 1.80. The monoisotopic (exact) mass is 221 g/mol. The number of esters is 1. The maximum absolute atomic E-state index is 11.4. The fraction of sp³-hybridized carbons (Fsp3) is 0.462. The zero-order chi connectivity index (χ0) is 12.0. The Labute approximate surface area is 96.6 Å². The molecule has 1 aromatic carbocycles. The number of nitrogens with two attached hydrogens (primary N) is 1. The third-order valence-corrected chi connectivity index (χ3v) is 2.78. The molecule has 1 aromatic rings. The molecule has 0 radical (unpaired) electrons. The molecular weight excluding hydrogens is 202 g/mol. The zero-order valence-corrected chi connectivity index (χ0v) is 9.90. The highest BCUT2D eigenvalue weighted by atomic mass is 16.5. The normalized spacial score (nSPS) is 12.2. The molecule has 16 heavy (non-hydrogen) atoms. The molecule has 0 fully saturated rings. The van der Waals surface area contributed by atoms with Gasteiger partial charge in [0.25, 0.3) is 0 Å². The smallest absolute Gasteiger partial charge is 0.310 e. The lowest BCUT2D eigenvalue weighted by Crippen LogP contribution is -2.27. The van der Waals surface area contributed by atoms with Crippen molar-refractivity contribution >= 4 is 5.97 Å². The van der Waals surface area contributed by atoms with Crippen LogP contribution in [0.5, 0.6) is 0 Å². The standard InChI is InChI=1S/C13H19NO2/c1-3-10-6-4-5-7-11(10)8-12(9-14)13(15)16-2/h4-7,12H,3,8-9,14H2,1-2H3. The summed E-state index contributed by atoms with van der Waals surface area (Å²) in [5.41, 5.74) is 8.04. The van der Waals surface area contributed by atoms with Crippen molar-refractivity contribution in [1.82, 2.24) is 0 Å². The van der Waals surface area contributed by atoms with Crippen molar-refractivity contribution in [2.45, 2.75) is 19.8 Å². The van der Waals surface area contributed by atoms with Crippen molar-refractivity contribution in [3.63, 3.8) is 0 Å². The van der Waals surface area contributed by atoms with E-state index in [1.807, 2.05) is 18.2 Å². The van der Waals surface area contributed by atoms with Gasteiger partial charge in [-0.1, -0.05) is 31.2 Å². The molecule has 88 valence electrons. The number of aryl methyl sites for hydroxylation is 1. The van der Waals surface area contributed by atoms with Gasteiger partial charge < -0.3 is 10.5 Å². The van der Waals surface area contributed by atoms with Gasteiger partial charge in [-0.05, 0) is 24.0 Å². The largest absolute Gasteiger partial charge is 0.469 e. The predicted octanol–water partition coefficient (Wildman–Crippen LogP) is 1.54. The van der Waals surface area contributed by atoms with Crippen LogP contribution >= 0.6 is 0 Å². The summed E-state index contributed by atoms with van der Waals surface area (Å²) in [7, 11) is 1.40. The van der Waals surface area contributed by atoms with Gasteiger partial charge in [-0.15, -0.1) is 0 Å². The Morgan fingerprint density at radius 2 is 2.00 bits per heavy atom. The lowest BCUT2D eigenvalue weighted by atomic mass is 9.94. The number of carbonyl (C=O) groups excluding carboxylic acids is 1. The van der Waals surface area contributed by atoms with Crippen molar-refractivity contribution in [2.24, 2.45) is 11.7 Å². The number of hydrogen-bond donors (Lipinski definition) is 1. The van der Waals surface area contributed by atoms with Crippen molar-refractivity contribution in [3.05, 3.63) is 35.4 Å². The third kappa shape index (κ3) is 3.07. The number of hydrogen-bond acceptors (Lipinski definition) is 3. The van der Waals surface area contributed by atoms with E-state index in [2.05, 4.69) is 13.0 Å². The topological polar surface area (TPSA) is 52.3 Å². The summed E-state index contributed by atoms with van der Waals surface area (Å²) in [6.07, 6.45) is 1.63. The Bertz CT molecular complexity index is 350. The molecule has 1 atom stereocenters. The highest BCUT2D eigenvalue weighted by molar-refractivity contribution is 5.73. The van der Waals surface area contributed by atoms with Crippen molar-refractivity contribution in [2.75, 3.05) is 13.7 Å². The molecule has 1 rings (SSSR count). The second-order valence-corrected chi connectivity index (χ2v) is 3.78. The first kappa shape index (κ1) is 12.7. The predicted molar refractivity (Wildman–Crippen MR) is 64.1 cm³/mol. The minimum Gasteiger partial charge on any atom is -0.469 e. The first-order valence-electron chi connectivity index (χ1n) is 5.57. The molecule has 1 unspecified atom stereocenters. The first-order chi connectivity index (χ1) is 7.72. The zero-order valence-electron chi connectivity index (χ0n) is 9.90. The molecule has 0 aliphatic carbocycles. The summed E-state index contributed by atoms with van der Waals surface area (Å²) in [5, 5.41) is 0. The van der Waals surface area contributed by atoms with Crippen LogP contribution in [0.25, 0.3) is 0 Å². The maximum atomic E-state index is 11.4. The maximum Gasteiger partial charge on any atom is 0.310 e. The van der Waals surface area contributed by atoms with Crippen LogP contribution in [0, 0.1) is 5.92 Å². The second-order valence-electron chi connectivity index (χ2n) is 3.78. The average molecular weight is 221 g/mol. The van der Waals surface area contributed by atoms with Crippen LogP contribution in [0.1, 0.15) is 18.1 Å². The lowest BCUT2D eigenvalue weighted by Gasteiger charge is -2.14. The summed E-state index contributed by atoms with van der Waals surface area (Å²) >= 11 is 0. The average Bonchev–Trinajstić information content (AvgIpc) is 2.35. The van der Waals surface area contributed by atoms with Gasteiger partial charge in [-0.3, -0.25) is 4.79 Å². The van der Waals surface area contributed by atoms with Gasteiger partial charge in [0.15, 0.2) is 0 Å². The van der Waals surface area contributed by atoms with Crippen LogP contribution in [-0.4, -0.2) is 19.6 Å². The summed E-state index contributed by atoms with van der Waals surface area (Å²) in [6.45, 7) is 2.43. The quantitative estimate of drug-likeness (QED) is 0.767. The second kappa shape index (κ2) is 6.28. The number of ether oxygens (including phenoxy) is 1. The molecular formula is C13H19NO2. The Morgan fingerprint density at radius 1 is 1.38 bits per heavy atom. The van der Waals surface area contributed by atoms with Crippen LogP contribution in [0.3, 0.4) is 0 Å². The molecule has 0 aliphatic heterocycles. The Balaban J connectivity index is 2.81. The molecule has 0 bridgehead atoms. The van der Waals surface area contributed by atoms with E-state index in [0.717, 1.165) is 6.42 Å². The molecule has 0 saturated heterocycles. The molecule has 0 aliphatic rings. The minimum atomic E-state index is -0.238. The third-order valence-electron chi connectivity index (χ3n) is 2.78. The Kier molecular flexibility index (Phi) is 4.99. The Hall–Kier alpha value is -1.35. The van der Waals surface area contributed by atoms with E-state index >= 15 is 0 Å². The van der Waals surface area contributed by atoms with Gasteiger partial charge in [0, 0.05) is 6.54 Å². The molecule has 0 amide bonds. The summed E-state index contributed by atoms with van der Waals surface area (Å²) in [5.74, 6) is -0.467. The van der Waals surface area contributed by atoms with Crippen LogP contribution in [-0.2, 0) is 22.4 Å². The molecule has 2 N–H and O–H groups in total. The van der Waals surface area contributed by atoms with Gasteiger partial charge in [-0.2, -0.15) is 0 Å². The fourth-order valence-electron chi connectivity index (χ4n) is 1.80. The van der Waals surface area contributed by atoms with Gasteiger partial charge in [0.05, 0.1) is 13.0 Å². The SMILES string of the molecule is CCc1ccccc1CC(CN)C(=O)OC. The number of rotatable bonds is 5. The van der Waals surface area contributed by atoms with E-state index in [9.17, 15) is 4.79 Å². The summed E-state index contributed by atoms with van der Waals surface area (Å²) < 4.78 is 4.73. The van der Waals surface area contributed by atoms with E-state index in [1.54, 1.807) is 0 Å². The lowest BCUT2D eigenvalue weighted by molar-refractivity contribution is -0.145. The minimum absolute atomic E-state index is 0.228. The molecule has 3 nitrogen and oxygen atoms in total. The highest BCUT2D eigenvalue weighted by Gasteiger charge is 2.18. The van der Waals surface area contributed by atoms with Crippen LogP contribution < -0.4 is 5.73 Å². The van der Waals surface area contributed by atoms with E-state index in [1.165, 1.54) is 18.2 Å². The number of carbonyl (C=O) groups is 1. The number of benzene rings is 1. The van der Waals surface area contributed by atoms with Crippen molar-refractivity contribution in [3.8, 4) is 0 Å². The van der Waals surface area contributed by atoms with E-state index in [4.69, 9.17) is 10.5 Å². The van der Waals surface area contributed by atoms with Gasteiger partial charge >= 0.3 is 5.97 Å². The van der Waals surface area contributed by atoms with E-state index < -0.39 is 0 Å². The van der Waals surface area contributed by atoms with E-state index in [0.29, 0.717) is 13.0 Å². The van der Waals surface area contributed by atoms with Crippen LogP contribution in [0.15, 0.2) is 24.3 Å². The molecule has 0 saturated carbocycles. The summed E-state index contributed by atoms with van der Waals surface area (Å²) in [4.78, 5) is 11.4. The molecule has 0 heterocycles. The van der Waals surface area contributed by atoms with Crippen molar-refractivity contribution in [1.29, 1.82) is 0 Å². The molecule has 0 aromatic heterocycles. The number of methoxy groups -OCH3 is 1. The molecule has 0 spiro atoms. The molecule has 3 heteroatoms. The van der Waals surface area contributed by atoms with Crippen LogP contribution in [0.4, 0.5) is 0 Å². The van der Waals surface area contributed by atoms with Crippen molar-refractivity contribution < 1.29 is 9.53 Å². The van der Waals surface area contributed by atoms with E-state index in [-0.39, 0.29) is 11.9 Å². The summed E-state index contributed by atoms with van der Waals surface area (Å²) in [6, 6.07) is 8.13. The highest BCUT2D eigenvalue weighted by Crippen LogP contribution is 2.15.